The van der Waals surface area contributed by atoms with Gasteiger partial charge in [-0.2, -0.15) is 0 Å². The molecule has 0 radical (unpaired) electrons. The zero-order chi connectivity index (χ0) is 13.3. The molecule has 0 aliphatic carbocycles. The van der Waals surface area contributed by atoms with Gasteiger partial charge >= 0.3 is 5.97 Å². The van der Waals surface area contributed by atoms with Crippen molar-refractivity contribution in [2.75, 3.05) is 13.7 Å². The van der Waals surface area contributed by atoms with E-state index in [2.05, 4.69) is 12.2 Å². The van der Waals surface area contributed by atoms with Crippen LogP contribution in [0, 0.1) is 5.92 Å². The van der Waals surface area contributed by atoms with Crippen molar-refractivity contribution in [3.8, 4) is 0 Å². The lowest BCUT2D eigenvalue weighted by atomic mass is 9.98. The summed E-state index contributed by atoms with van der Waals surface area (Å²) in [5.74, 6) is -1.36. The van der Waals surface area contributed by atoms with Gasteiger partial charge in [0.2, 0.25) is 5.91 Å². The number of methoxy groups -OCH3 is 1. The third-order valence-electron chi connectivity index (χ3n) is 2.72. The molecule has 0 heterocycles. The quantitative estimate of drug-likeness (QED) is 0.644. The minimum atomic E-state index is -1.06. The monoisotopic (exact) mass is 245 g/mol. The van der Waals surface area contributed by atoms with E-state index in [9.17, 15) is 9.59 Å². The summed E-state index contributed by atoms with van der Waals surface area (Å²) in [5, 5.41) is 11.4. The van der Waals surface area contributed by atoms with Gasteiger partial charge in [0.05, 0.1) is 6.61 Å². The molecule has 2 atom stereocenters. The molecule has 0 aromatic heterocycles. The Balaban J connectivity index is 4.30. The van der Waals surface area contributed by atoms with Crippen LogP contribution in [0.3, 0.4) is 0 Å². The molecule has 5 heteroatoms. The lowest BCUT2D eigenvalue weighted by Crippen LogP contribution is -2.46. The number of aliphatic carboxylic acids is 1. The van der Waals surface area contributed by atoms with Gasteiger partial charge in [0, 0.05) is 13.0 Å². The number of carbonyl (C=O) groups excluding carboxylic acids is 1. The molecule has 5 nitrogen and oxygen atoms in total. The van der Waals surface area contributed by atoms with Crippen molar-refractivity contribution < 1.29 is 19.4 Å². The van der Waals surface area contributed by atoms with Crippen LogP contribution in [-0.2, 0) is 14.3 Å². The fourth-order valence-electron chi connectivity index (χ4n) is 1.60. The van der Waals surface area contributed by atoms with E-state index < -0.39 is 12.0 Å². The average molecular weight is 245 g/mol. The highest BCUT2D eigenvalue weighted by Gasteiger charge is 2.23. The molecule has 2 unspecified atom stereocenters. The van der Waals surface area contributed by atoms with E-state index in [1.54, 1.807) is 0 Å². The summed E-state index contributed by atoms with van der Waals surface area (Å²) in [6.45, 7) is 3.99. The lowest BCUT2D eigenvalue weighted by molar-refractivity contribution is -0.144. The molecule has 17 heavy (non-hydrogen) atoms. The first kappa shape index (κ1) is 15.9. The molecule has 0 saturated carbocycles. The summed E-state index contributed by atoms with van der Waals surface area (Å²) in [6, 6.07) is -0.955. The Labute approximate surface area is 103 Å². The SMILES string of the molecule is CCCCC(CC)C(=O)NC(COC)C(=O)O. The van der Waals surface area contributed by atoms with E-state index in [1.165, 1.54) is 7.11 Å². The third-order valence-corrected chi connectivity index (χ3v) is 2.72. The van der Waals surface area contributed by atoms with Crippen LogP contribution in [0.25, 0.3) is 0 Å². The number of hydrogen-bond acceptors (Lipinski definition) is 3. The predicted octanol–water partition coefficient (Wildman–Crippen LogP) is 1.42. The molecule has 0 bridgehead atoms. The number of amides is 1. The lowest BCUT2D eigenvalue weighted by Gasteiger charge is -2.18. The Bertz CT molecular complexity index is 243. The zero-order valence-electron chi connectivity index (χ0n) is 10.9. The Morgan fingerprint density at radius 1 is 1.35 bits per heavy atom. The van der Waals surface area contributed by atoms with Crippen LogP contribution >= 0.6 is 0 Å². The topological polar surface area (TPSA) is 75.6 Å². The van der Waals surface area contributed by atoms with Crippen molar-refractivity contribution in [3.63, 3.8) is 0 Å². The number of nitrogens with one attached hydrogen (secondary N) is 1. The number of unbranched alkanes of at least 4 members (excludes halogenated alkanes) is 1. The molecule has 0 spiro atoms. The van der Waals surface area contributed by atoms with Crippen LogP contribution in [0.5, 0.6) is 0 Å². The molecule has 1 amide bonds. The summed E-state index contributed by atoms with van der Waals surface area (Å²) in [6.07, 6.45) is 3.54. The molecule has 0 rings (SSSR count). The number of hydrogen-bond donors (Lipinski definition) is 2. The van der Waals surface area contributed by atoms with E-state index in [1.807, 2.05) is 6.92 Å². The van der Waals surface area contributed by atoms with Gasteiger partial charge in [0.25, 0.3) is 0 Å². The van der Waals surface area contributed by atoms with E-state index in [0.717, 1.165) is 25.7 Å². The van der Waals surface area contributed by atoms with Crippen LogP contribution in [-0.4, -0.2) is 36.7 Å². The second-order valence-corrected chi connectivity index (χ2v) is 4.10. The van der Waals surface area contributed by atoms with Crippen molar-refractivity contribution in [2.45, 2.75) is 45.6 Å². The summed E-state index contributed by atoms with van der Waals surface area (Å²) in [5.41, 5.74) is 0. The molecule has 0 fully saturated rings. The van der Waals surface area contributed by atoms with Crippen molar-refractivity contribution in [1.29, 1.82) is 0 Å². The van der Waals surface area contributed by atoms with Gasteiger partial charge in [0.15, 0.2) is 6.04 Å². The van der Waals surface area contributed by atoms with Crippen LogP contribution in [0.1, 0.15) is 39.5 Å². The second-order valence-electron chi connectivity index (χ2n) is 4.10. The standard InChI is InChI=1S/C12H23NO4/c1-4-6-7-9(5-2)11(14)13-10(8-17-3)12(15)16/h9-10H,4-8H2,1-3H3,(H,13,14)(H,15,16). The highest BCUT2D eigenvalue weighted by Crippen LogP contribution is 2.12. The molecule has 0 saturated heterocycles. The maximum Gasteiger partial charge on any atom is 0.328 e. The highest BCUT2D eigenvalue weighted by molar-refractivity contribution is 5.85. The van der Waals surface area contributed by atoms with Gasteiger partial charge in [0.1, 0.15) is 0 Å². The normalized spacial score (nSPS) is 14.1. The van der Waals surface area contributed by atoms with E-state index in [4.69, 9.17) is 9.84 Å². The summed E-state index contributed by atoms with van der Waals surface area (Å²) in [4.78, 5) is 22.7. The first-order valence-corrected chi connectivity index (χ1v) is 6.08. The predicted molar refractivity (Wildman–Crippen MR) is 64.7 cm³/mol. The van der Waals surface area contributed by atoms with Crippen molar-refractivity contribution in [1.82, 2.24) is 5.32 Å². The maximum absolute atomic E-state index is 11.8. The minimum absolute atomic E-state index is 0.00865. The molecule has 0 aliphatic rings. The number of carbonyl (C=O) groups is 2. The maximum atomic E-state index is 11.8. The average Bonchev–Trinajstić information content (AvgIpc) is 2.29. The number of ether oxygens (including phenoxy) is 1. The highest BCUT2D eigenvalue weighted by atomic mass is 16.5. The van der Waals surface area contributed by atoms with Crippen LogP contribution in [0.4, 0.5) is 0 Å². The zero-order valence-corrected chi connectivity index (χ0v) is 10.9. The molecule has 100 valence electrons. The minimum Gasteiger partial charge on any atom is -0.480 e. The van der Waals surface area contributed by atoms with Gasteiger partial charge in [-0.3, -0.25) is 4.79 Å². The molecule has 2 N–H and O–H groups in total. The van der Waals surface area contributed by atoms with E-state index in [0.29, 0.717) is 0 Å². The number of carboxylic acid groups (broad SMARTS) is 1. The fraction of sp³-hybridized carbons (Fsp3) is 0.833. The van der Waals surface area contributed by atoms with Gasteiger partial charge in [-0.15, -0.1) is 0 Å². The van der Waals surface area contributed by atoms with E-state index in [-0.39, 0.29) is 18.4 Å². The number of rotatable bonds is 9. The van der Waals surface area contributed by atoms with Gasteiger partial charge in [-0.05, 0) is 12.8 Å². The Morgan fingerprint density at radius 2 is 2.00 bits per heavy atom. The van der Waals surface area contributed by atoms with Crippen LogP contribution < -0.4 is 5.32 Å². The molecule has 0 aliphatic heterocycles. The molecular formula is C12H23NO4. The third kappa shape index (κ3) is 6.26. The molecule has 0 aromatic rings. The van der Waals surface area contributed by atoms with Crippen LogP contribution in [0.2, 0.25) is 0 Å². The summed E-state index contributed by atoms with van der Waals surface area (Å²) in [7, 11) is 1.41. The van der Waals surface area contributed by atoms with Crippen LogP contribution in [0.15, 0.2) is 0 Å². The van der Waals surface area contributed by atoms with Crippen molar-refractivity contribution in [2.24, 2.45) is 5.92 Å². The largest absolute Gasteiger partial charge is 0.480 e. The Morgan fingerprint density at radius 3 is 2.41 bits per heavy atom. The second kappa shape index (κ2) is 8.98. The molecule has 0 aromatic carbocycles. The van der Waals surface area contributed by atoms with Gasteiger partial charge in [-0.1, -0.05) is 26.7 Å². The Kier molecular flexibility index (Phi) is 8.40. The van der Waals surface area contributed by atoms with Crippen molar-refractivity contribution in [3.05, 3.63) is 0 Å². The first-order valence-electron chi connectivity index (χ1n) is 6.08. The smallest absolute Gasteiger partial charge is 0.328 e. The summed E-state index contributed by atoms with van der Waals surface area (Å²) >= 11 is 0. The van der Waals surface area contributed by atoms with E-state index >= 15 is 0 Å². The summed E-state index contributed by atoms with van der Waals surface area (Å²) < 4.78 is 4.77. The van der Waals surface area contributed by atoms with Gasteiger partial charge < -0.3 is 15.2 Å². The fourth-order valence-corrected chi connectivity index (χ4v) is 1.60. The van der Waals surface area contributed by atoms with Gasteiger partial charge in [-0.25, -0.2) is 4.79 Å². The Hall–Kier alpha value is -1.10. The van der Waals surface area contributed by atoms with Crippen molar-refractivity contribution >= 4 is 11.9 Å². The molecular weight excluding hydrogens is 222 g/mol. The first-order chi connectivity index (χ1) is 8.06. The number of carboxylic acids is 1.